The van der Waals surface area contributed by atoms with Crippen molar-refractivity contribution in [2.45, 2.75) is 6.92 Å². The fourth-order valence-corrected chi connectivity index (χ4v) is 2.00. The third-order valence-electron chi connectivity index (χ3n) is 3.14. The van der Waals surface area contributed by atoms with Gasteiger partial charge in [0.1, 0.15) is 5.82 Å². The second kappa shape index (κ2) is 5.62. The van der Waals surface area contributed by atoms with Crippen molar-refractivity contribution in [2.24, 2.45) is 4.99 Å². The molecule has 0 amide bonds. The molecule has 1 aliphatic heterocycles. The first-order valence-electron chi connectivity index (χ1n) is 6.63. The Morgan fingerprint density at radius 1 is 1.29 bits per heavy atom. The molecule has 1 aliphatic rings. The summed E-state index contributed by atoms with van der Waals surface area (Å²) in [6, 6.07) is 7.55. The van der Waals surface area contributed by atoms with Crippen LogP contribution in [-0.2, 0) is 0 Å². The molecule has 0 spiro atoms. The summed E-state index contributed by atoms with van der Waals surface area (Å²) in [6.07, 6.45) is 7.21. The molecule has 2 heterocycles. The zero-order valence-corrected chi connectivity index (χ0v) is 11.7. The summed E-state index contributed by atoms with van der Waals surface area (Å²) in [5.41, 5.74) is 8.50. The Morgan fingerprint density at radius 2 is 2.19 bits per heavy atom. The van der Waals surface area contributed by atoms with Gasteiger partial charge in [0, 0.05) is 30.3 Å². The number of nitrogens with one attached hydrogen (secondary N) is 1. The van der Waals surface area contributed by atoms with Crippen LogP contribution in [0.25, 0.3) is 0 Å². The van der Waals surface area contributed by atoms with Gasteiger partial charge in [-0.15, -0.1) is 0 Å². The number of rotatable bonds is 3. The van der Waals surface area contributed by atoms with Crippen molar-refractivity contribution < 1.29 is 0 Å². The molecule has 0 aliphatic carbocycles. The van der Waals surface area contributed by atoms with Crippen molar-refractivity contribution in [2.75, 3.05) is 22.5 Å². The molecule has 1 aromatic heterocycles. The van der Waals surface area contributed by atoms with Gasteiger partial charge in [-0.25, -0.2) is 9.98 Å². The number of aryl methyl sites for hydroxylation is 1. The molecule has 1 aromatic carbocycles. The van der Waals surface area contributed by atoms with Gasteiger partial charge in [-0.2, -0.15) is 4.98 Å². The normalized spacial score (nSPS) is 13.5. The van der Waals surface area contributed by atoms with Gasteiger partial charge in [0.25, 0.3) is 0 Å². The minimum absolute atomic E-state index is 0.532. The van der Waals surface area contributed by atoms with Crippen LogP contribution in [0.15, 0.2) is 47.7 Å². The third-order valence-corrected chi connectivity index (χ3v) is 3.14. The number of nitrogen functional groups attached to an aromatic ring is 1. The van der Waals surface area contributed by atoms with E-state index < -0.39 is 0 Å². The van der Waals surface area contributed by atoms with Gasteiger partial charge in [-0.05, 0) is 36.8 Å². The number of hydrogen-bond donors (Lipinski definition) is 2. The largest absolute Gasteiger partial charge is 0.399 e. The molecule has 0 fully saturated rings. The predicted octanol–water partition coefficient (Wildman–Crippen LogP) is 2.47. The van der Waals surface area contributed by atoms with Crippen LogP contribution in [0, 0.1) is 6.92 Å². The van der Waals surface area contributed by atoms with Gasteiger partial charge in [0.15, 0.2) is 0 Å². The molecule has 0 unspecified atom stereocenters. The lowest BCUT2D eigenvalue weighted by molar-refractivity contribution is 1.05. The summed E-state index contributed by atoms with van der Waals surface area (Å²) in [6.45, 7) is 2.75. The Balaban J connectivity index is 1.84. The molecule has 21 heavy (non-hydrogen) atoms. The van der Waals surface area contributed by atoms with E-state index in [1.54, 1.807) is 18.7 Å². The molecule has 3 rings (SSSR count). The summed E-state index contributed by atoms with van der Waals surface area (Å²) < 4.78 is 0. The maximum Gasteiger partial charge on any atom is 0.229 e. The van der Waals surface area contributed by atoms with Gasteiger partial charge in [0.05, 0.1) is 6.34 Å². The average Bonchev–Trinajstić information content (AvgIpc) is 2.52. The lowest BCUT2D eigenvalue weighted by Crippen LogP contribution is -2.24. The molecule has 6 heteroatoms. The Hall–Kier alpha value is -2.89. The minimum Gasteiger partial charge on any atom is -0.399 e. The van der Waals surface area contributed by atoms with E-state index in [9.17, 15) is 0 Å². The van der Waals surface area contributed by atoms with Crippen molar-refractivity contribution in [3.05, 3.63) is 48.3 Å². The predicted molar refractivity (Wildman–Crippen MR) is 85.9 cm³/mol. The van der Waals surface area contributed by atoms with Crippen LogP contribution >= 0.6 is 0 Å². The lowest BCUT2D eigenvalue weighted by atomic mass is 10.2. The van der Waals surface area contributed by atoms with E-state index in [4.69, 9.17) is 5.73 Å². The molecule has 0 atom stereocenters. The van der Waals surface area contributed by atoms with Crippen molar-refractivity contribution in [1.29, 1.82) is 0 Å². The minimum atomic E-state index is 0.532. The van der Waals surface area contributed by atoms with Crippen LogP contribution in [0.4, 0.5) is 23.1 Å². The number of nitrogens with zero attached hydrogens (tertiary/aromatic N) is 4. The van der Waals surface area contributed by atoms with Gasteiger partial charge in [0.2, 0.25) is 5.95 Å². The Morgan fingerprint density at radius 3 is 3.00 bits per heavy atom. The standard InChI is InChI=1S/C15H16N6/c1-11-3-4-12(16)9-13(11)19-15-18-7-5-14(20-15)21-8-2-6-17-10-21/h2-7,9-10H,8,16H2,1H3,(H,18,19,20). The zero-order valence-electron chi connectivity index (χ0n) is 11.7. The van der Waals surface area contributed by atoms with Crippen molar-refractivity contribution in [1.82, 2.24) is 9.97 Å². The monoisotopic (exact) mass is 280 g/mol. The summed E-state index contributed by atoms with van der Waals surface area (Å²) >= 11 is 0. The number of hydrogen-bond acceptors (Lipinski definition) is 6. The maximum absolute atomic E-state index is 5.81. The zero-order chi connectivity index (χ0) is 14.7. The molecular weight excluding hydrogens is 264 g/mol. The van der Waals surface area contributed by atoms with Crippen molar-refractivity contribution in [3.63, 3.8) is 0 Å². The van der Waals surface area contributed by atoms with Crippen LogP contribution in [0.5, 0.6) is 0 Å². The van der Waals surface area contributed by atoms with E-state index in [1.165, 1.54) is 0 Å². The van der Waals surface area contributed by atoms with Crippen LogP contribution in [0.3, 0.4) is 0 Å². The van der Waals surface area contributed by atoms with Crippen LogP contribution in [0.1, 0.15) is 5.56 Å². The topological polar surface area (TPSA) is 79.4 Å². The lowest BCUT2D eigenvalue weighted by Gasteiger charge is -2.18. The smallest absolute Gasteiger partial charge is 0.229 e. The first-order valence-corrected chi connectivity index (χ1v) is 6.63. The molecule has 0 bridgehead atoms. The summed E-state index contributed by atoms with van der Waals surface area (Å²) in [7, 11) is 0. The quantitative estimate of drug-likeness (QED) is 0.844. The molecule has 0 saturated heterocycles. The number of benzene rings is 1. The number of nitrogens with two attached hydrogens (primary N) is 1. The SMILES string of the molecule is Cc1ccc(N)cc1Nc1nccc(N2C=NC=CC2)n1. The molecule has 0 radical (unpaired) electrons. The Bertz CT molecular complexity index is 707. The molecule has 2 aromatic rings. The summed E-state index contributed by atoms with van der Waals surface area (Å²) in [5.74, 6) is 1.33. The van der Waals surface area contributed by atoms with Gasteiger partial charge in [-0.3, -0.25) is 0 Å². The summed E-state index contributed by atoms with van der Waals surface area (Å²) in [4.78, 5) is 14.8. The first kappa shape index (κ1) is 13.1. The molecule has 6 nitrogen and oxygen atoms in total. The van der Waals surface area contributed by atoms with Gasteiger partial charge < -0.3 is 16.0 Å². The van der Waals surface area contributed by atoms with E-state index in [0.717, 1.165) is 23.6 Å². The number of aliphatic imine (C=N–C) groups is 1. The van der Waals surface area contributed by atoms with E-state index >= 15 is 0 Å². The molecule has 0 saturated carbocycles. The fourth-order valence-electron chi connectivity index (χ4n) is 2.00. The highest BCUT2D eigenvalue weighted by Gasteiger charge is 2.08. The summed E-state index contributed by atoms with van der Waals surface area (Å²) in [5, 5.41) is 3.20. The van der Waals surface area contributed by atoms with Crippen LogP contribution in [0.2, 0.25) is 0 Å². The molecule has 106 valence electrons. The van der Waals surface area contributed by atoms with E-state index in [0.29, 0.717) is 11.6 Å². The number of anilines is 4. The third kappa shape index (κ3) is 3.00. The average molecular weight is 280 g/mol. The maximum atomic E-state index is 5.81. The Kier molecular flexibility index (Phi) is 3.51. The van der Waals surface area contributed by atoms with Crippen LogP contribution in [-0.4, -0.2) is 22.9 Å². The highest BCUT2D eigenvalue weighted by Crippen LogP contribution is 2.22. The van der Waals surface area contributed by atoms with Crippen LogP contribution < -0.4 is 16.0 Å². The van der Waals surface area contributed by atoms with E-state index in [2.05, 4.69) is 20.3 Å². The highest BCUT2D eigenvalue weighted by atomic mass is 15.2. The second-order valence-corrected chi connectivity index (χ2v) is 4.74. The van der Waals surface area contributed by atoms with E-state index in [1.807, 2.05) is 42.2 Å². The highest BCUT2D eigenvalue weighted by molar-refractivity contribution is 5.79. The molecular formula is C15H16N6. The fraction of sp³-hybridized carbons (Fsp3) is 0.133. The van der Waals surface area contributed by atoms with Gasteiger partial charge in [-0.1, -0.05) is 6.07 Å². The van der Waals surface area contributed by atoms with Crippen molar-refractivity contribution in [3.8, 4) is 0 Å². The second-order valence-electron chi connectivity index (χ2n) is 4.74. The molecule has 3 N–H and O–H groups in total. The Labute approximate surface area is 123 Å². The van der Waals surface area contributed by atoms with Gasteiger partial charge >= 0.3 is 0 Å². The van der Waals surface area contributed by atoms with Crippen molar-refractivity contribution >= 4 is 29.5 Å². The first-order chi connectivity index (χ1) is 10.2. The number of aromatic nitrogens is 2. The van der Waals surface area contributed by atoms with E-state index in [-0.39, 0.29) is 0 Å².